The molecule has 1 heterocycles. The van der Waals surface area contributed by atoms with E-state index in [2.05, 4.69) is 29.6 Å². The van der Waals surface area contributed by atoms with Crippen LogP contribution in [0.3, 0.4) is 0 Å². The van der Waals surface area contributed by atoms with Gasteiger partial charge in [-0.2, -0.15) is 0 Å². The van der Waals surface area contributed by atoms with Gasteiger partial charge in [-0.1, -0.05) is 19.1 Å². The Bertz CT molecular complexity index is 578. The molecular formula is C15H19NO2S. The van der Waals surface area contributed by atoms with Gasteiger partial charge in [-0.25, -0.2) is 0 Å². The largest absolute Gasteiger partial charge is 0.367 e. The van der Waals surface area contributed by atoms with Crippen molar-refractivity contribution in [1.29, 1.82) is 0 Å². The molecular weight excluding hydrogens is 258 g/mol. The lowest BCUT2D eigenvalue weighted by atomic mass is 10.0. The molecule has 0 fully saturated rings. The monoisotopic (exact) mass is 277 g/mol. The van der Waals surface area contributed by atoms with Gasteiger partial charge in [-0.15, -0.1) is 11.3 Å². The molecule has 2 aromatic rings. The molecule has 2 rings (SSSR count). The minimum Gasteiger partial charge on any atom is -0.367 e. The van der Waals surface area contributed by atoms with Crippen molar-refractivity contribution < 1.29 is 9.53 Å². The van der Waals surface area contributed by atoms with Crippen LogP contribution in [0.15, 0.2) is 29.6 Å². The molecule has 1 atom stereocenters. The van der Waals surface area contributed by atoms with Gasteiger partial charge >= 0.3 is 0 Å². The molecule has 2 N–H and O–H groups in total. The van der Waals surface area contributed by atoms with Gasteiger partial charge in [0.15, 0.2) is 0 Å². The van der Waals surface area contributed by atoms with E-state index in [0.29, 0.717) is 13.0 Å². The summed E-state index contributed by atoms with van der Waals surface area (Å²) in [4.78, 5) is 11.3. The molecule has 0 aliphatic carbocycles. The maximum Gasteiger partial charge on any atom is 0.249 e. The van der Waals surface area contributed by atoms with Gasteiger partial charge < -0.3 is 10.5 Å². The van der Waals surface area contributed by atoms with Crippen LogP contribution in [-0.2, 0) is 16.0 Å². The first-order chi connectivity index (χ1) is 9.05. The number of carbonyl (C=O) groups is 1. The second-order valence-corrected chi connectivity index (χ2v) is 5.79. The summed E-state index contributed by atoms with van der Waals surface area (Å²) >= 11 is 1.74. The molecule has 102 valence electrons. The number of hydrogen-bond donors (Lipinski definition) is 1. The Morgan fingerprint density at radius 1 is 1.42 bits per heavy atom. The van der Waals surface area contributed by atoms with Gasteiger partial charge in [-0.05, 0) is 48.2 Å². The van der Waals surface area contributed by atoms with E-state index in [1.54, 1.807) is 18.3 Å². The van der Waals surface area contributed by atoms with E-state index in [4.69, 9.17) is 10.5 Å². The van der Waals surface area contributed by atoms with Gasteiger partial charge in [0.05, 0.1) is 6.61 Å². The Morgan fingerprint density at radius 2 is 2.21 bits per heavy atom. The van der Waals surface area contributed by atoms with Crippen LogP contribution >= 0.6 is 11.3 Å². The lowest BCUT2D eigenvalue weighted by Crippen LogP contribution is -2.43. The number of nitrogens with two attached hydrogens (primary N) is 1. The fourth-order valence-electron chi connectivity index (χ4n) is 1.91. The third-order valence-corrected chi connectivity index (χ3v) is 4.42. The summed E-state index contributed by atoms with van der Waals surface area (Å²) in [7, 11) is 0. The Kier molecular flexibility index (Phi) is 4.22. The molecule has 1 aromatic heterocycles. The first-order valence-electron chi connectivity index (χ1n) is 6.45. The number of carbonyl (C=O) groups excluding carboxylic acids is 1. The lowest BCUT2D eigenvalue weighted by Gasteiger charge is -2.24. The number of ether oxygens (including phenoxy) is 1. The molecule has 4 heteroatoms. The average Bonchev–Trinajstić information content (AvgIpc) is 2.85. The summed E-state index contributed by atoms with van der Waals surface area (Å²) in [5.74, 6) is -0.400. The van der Waals surface area contributed by atoms with Crippen molar-refractivity contribution in [3.8, 4) is 0 Å². The van der Waals surface area contributed by atoms with E-state index in [9.17, 15) is 4.79 Å². The van der Waals surface area contributed by atoms with Crippen molar-refractivity contribution in [2.45, 2.75) is 32.3 Å². The standard InChI is InChI=1S/C15H19NO2S/c1-3-15(2,14(16)17)18-8-6-11-4-5-13-12(10-11)7-9-19-13/h4-5,7,9-10H,3,6,8H2,1-2H3,(H2,16,17). The number of fused-ring (bicyclic) bond motifs is 1. The third-order valence-electron chi connectivity index (χ3n) is 3.52. The number of amides is 1. The molecule has 0 spiro atoms. The second-order valence-electron chi connectivity index (χ2n) is 4.84. The van der Waals surface area contributed by atoms with Crippen LogP contribution in [-0.4, -0.2) is 18.1 Å². The van der Waals surface area contributed by atoms with Crippen LogP contribution in [0.4, 0.5) is 0 Å². The molecule has 1 amide bonds. The molecule has 1 unspecified atom stereocenters. The minimum absolute atomic E-state index is 0.400. The smallest absolute Gasteiger partial charge is 0.249 e. The highest BCUT2D eigenvalue weighted by Crippen LogP contribution is 2.22. The lowest BCUT2D eigenvalue weighted by molar-refractivity contribution is -0.141. The summed E-state index contributed by atoms with van der Waals surface area (Å²) in [6.07, 6.45) is 1.38. The van der Waals surface area contributed by atoms with Crippen LogP contribution in [0.2, 0.25) is 0 Å². The van der Waals surface area contributed by atoms with Crippen LogP contribution in [0.25, 0.3) is 10.1 Å². The Hall–Kier alpha value is -1.39. The van der Waals surface area contributed by atoms with Crippen molar-refractivity contribution in [3.63, 3.8) is 0 Å². The molecule has 0 radical (unpaired) electrons. The Labute approximate surface area is 117 Å². The second kappa shape index (κ2) is 5.72. The average molecular weight is 277 g/mol. The molecule has 0 saturated heterocycles. The summed E-state index contributed by atoms with van der Waals surface area (Å²) < 4.78 is 6.96. The van der Waals surface area contributed by atoms with E-state index in [1.807, 2.05) is 6.92 Å². The zero-order chi connectivity index (χ0) is 13.9. The maximum absolute atomic E-state index is 11.3. The predicted molar refractivity (Wildman–Crippen MR) is 79.4 cm³/mol. The number of thiophene rings is 1. The highest BCUT2D eigenvalue weighted by atomic mass is 32.1. The zero-order valence-corrected chi connectivity index (χ0v) is 12.1. The van der Waals surface area contributed by atoms with Crippen molar-refractivity contribution in [2.24, 2.45) is 5.73 Å². The van der Waals surface area contributed by atoms with E-state index >= 15 is 0 Å². The zero-order valence-electron chi connectivity index (χ0n) is 11.3. The SMILES string of the molecule is CCC(C)(OCCc1ccc2sccc2c1)C(N)=O. The Balaban J connectivity index is 1.97. The molecule has 19 heavy (non-hydrogen) atoms. The normalized spacial score (nSPS) is 14.4. The van der Waals surface area contributed by atoms with Crippen LogP contribution in [0.1, 0.15) is 25.8 Å². The number of hydrogen-bond acceptors (Lipinski definition) is 3. The van der Waals surface area contributed by atoms with Gasteiger partial charge in [0.1, 0.15) is 5.60 Å². The van der Waals surface area contributed by atoms with Gasteiger partial charge in [0, 0.05) is 4.70 Å². The van der Waals surface area contributed by atoms with Crippen molar-refractivity contribution in [3.05, 3.63) is 35.2 Å². The van der Waals surface area contributed by atoms with E-state index < -0.39 is 11.5 Å². The van der Waals surface area contributed by atoms with E-state index in [0.717, 1.165) is 6.42 Å². The third kappa shape index (κ3) is 3.14. The molecule has 0 aliphatic rings. The van der Waals surface area contributed by atoms with E-state index in [-0.39, 0.29) is 0 Å². The number of primary amides is 1. The van der Waals surface area contributed by atoms with Crippen molar-refractivity contribution in [1.82, 2.24) is 0 Å². The number of benzene rings is 1. The van der Waals surface area contributed by atoms with Crippen molar-refractivity contribution in [2.75, 3.05) is 6.61 Å². The van der Waals surface area contributed by atoms with Gasteiger partial charge in [-0.3, -0.25) is 4.79 Å². The van der Waals surface area contributed by atoms with Crippen LogP contribution in [0.5, 0.6) is 0 Å². The molecule has 0 bridgehead atoms. The quantitative estimate of drug-likeness (QED) is 0.882. The molecule has 1 aromatic carbocycles. The van der Waals surface area contributed by atoms with Crippen LogP contribution in [0, 0.1) is 0 Å². The first kappa shape index (κ1) is 14.0. The maximum atomic E-state index is 11.3. The summed E-state index contributed by atoms with van der Waals surface area (Å²) in [5, 5.41) is 3.35. The fourth-order valence-corrected chi connectivity index (χ4v) is 2.68. The van der Waals surface area contributed by atoms with Gasteiger partial charge in [0.25, 0.3) is 0 Å². The minimum atomic E-state index is -0.855. The van der Waals surface area contributed by atoms with Crippen LogP contribution < -0.4 is 5.73 Å². The molecule has 3 nitrogen and oxygen atoms in total. The summed E-state index contributed by atoms with van der Waals surface area (Å²) in [6, 6.07) is 8.52. The summed E-state index contributed by atoms with van der Waals surface area (Å²) in [5.41, 5.74) is 5.72. The van der Waals surface area contributed by atoms with E-state index in [1.165, 1.54) is 15.6 Å². The first-order valence-corrected chi connectivity index (χ1v) is 7.33. The van der Waals surface area contributed by atoms with Gasteiger partial charge in [0.2, 0.25) is 5.91 Å². The Morgan fingerprint density at radius 3 is 2.89 bits per heavy atom. The predicted octanol–water partition coefficient (Wildman–Crippen LogP) is 3.11. The highest BCUT2D eigenvalue weighted by molar-refractivity contribution is 7.17. The highest BCUT2D eigenvalue weighted by Gasteiger charge is 2.29. The number of rotatable bonds is 6. The topological polar surface area (TPSA) is 52.3 Å². The van der Waals surface area contributed by atoms with Crippen molar-refractivity contribution >= 4 is 27.3 Å². The fraction of sp³-hybridized carbons (Fsp3) is 0.400. The molecule has 0 aliphatic heterocycles. The molecule has 0 saturated carbocycles. The summed E-state index contributed by atoms with van der Waals surface area (Å²) in [6.45, 7) is 4.16.